The van der Waals surface area contributed by atoms with Crippen molar-refractivity contribution < 1.29 is 18.7 Å². The van der Waals surface area contributed by atoms with Gasteiger partial charge in [0.05, 0.1) is 25.3 Å². The summed E-state index contributed by atoms with van der Waals surface area (Å²) < 4.78 is 24.6. The van der Waals surface area contributed by atoms with Crippen LogP contribution < -0.4 is 15.2 Å². The number of carbonyl (C=O) groups is 1. The minimum absolute atomic E-state index is 0.0437. The first kappa shape index (κ1) is 18.2. The summed E-state index contributed by atoms with van der Waals surface area (Å²) >= 11 is 0. The minimum atomic E-state index is -0.460. The van der Waals surface area contributed by atoms with Crippen molar-refractivity contribution in [2.75, 3.05) is 26.8 Å². The number of benzene rings is 2. The normalized spacial score (nSPS) is 16.1. The highest BCUT2D eigenvalue weighted by atomic mass is 19.1. The molecule has 138 valence electrons. The molecule has 2 aromatic carbocycles. The Balaban J connectivity index is 1.81. The lowest BCUT2D eigenvalue weighted by Crippen LogP contribution is -2.45. The number of likely N-dealkylation sites (tertiary alicyclic amines) is 1. The molecule has 0 saturated carbocycles. The number of halogens is 1. The summed E-state index contributed by atoms with van der Waals surface area (Å²) in [4.78, 5) is 14.7. The molecule has 1 atom stereocenters. The molecule has 3 rings (SSSR count). The highest BCUT2D eigenvalue weighted by Crippen LogP contribution is 2.37. The van der Waals surface area contributed by atoms with Crippen molar-refractivity contribution in [2.45, 2.75) is 18.9 Å². The molecule has 5 nitrogen and oxygen atoms in total. The highest BCUT2D eigenvalue weighted by Gasteiger charge is 2.35. The van der Waals surface area contributed by atoms with E-state index in [-0.39, 0.29) is 17.5 Å². The number of nitrogens with zero attached hydrogens (tertiary/aromatic N) is 1. The van der Waals surface area contributed by atoms with Crippen molar-refractivity contribution in [3.05, 3.63) is 59.4 Å². The van der Waals surface area contributed by atoms with Gasteiger partial charge in [-0.25, -0.2) is 4.39 Å². The second-order valence-electron chi connectivity index (χ2n) is 6.21. The van der Waals surface area contributed by atoms with E-state index in [9.17, 15) is 9.18 Å². The Hall–Kier alpha value is -2.60. The first-order valence-corrected chi connectivity index (χ1v) is 8.71. The van der Waals surface area contributed by atoms with E-state index in [1.165, 1.54) is 18.2 Å². The van der Waals surface area contributed by atoms with Crippen LogP contribution in [-0.2, 0) is 0 Å². The van der Waals surface area contributed by atoms with Gasteiger partial charge < -0.3 is 20.1 Å². The van der Waals surface area contributed by atoms with E-state index in [0.717, 1.165) is 17.7 Å². The average molecular weight is 358 g/mol. The van der Waals surface area contributed by atoms with Gasteiger partial charge in [0.25, 0.3) is 5.91 Å². The fraction of sp³-hybridized carbons (Fsp3) is 0.350. The fourth-order valence-corrected chi connectivity index (χ4v) is 3.04. The molecule has 0 unspecified atom stereocenters. The van der Waals surface area contributed by atoms with Gasteiger partial charge in [-0.1, -0.05) is 12.1 Å². The Labute approximate surface area is 152 Å². The van der Waals surface area contributed by atoms with Crippen LogP contribution in [0.3, 0.4) is 0 Å². The third-order valence-electron chi connectivity index (χ3n) is 4.54. The van der Waals surface area contributed by atoms with Crippen molar-refractivity contribution in [1.82, 2.24) is 4.90 Å². The Kier molecular flexibility index (Phi) is 5.73. The van der Waals surface area contributed by atoms with Crippen LogP contribution in [0.2, 0.25) is 0 Å². The first-order chi connectivity index (χ1) is 12.6. The molecule has 1 fully saturated rings. The van der Waals surface area contributed by atoms with Gasteiger partial charge in [-0.15, -0.1) is 0 Å². The summed E-state index contributed by atoms with van der Waals surface area (Å²) in [5.41, 5.74) is 6.72. The maximum absolute atomic E-state index is 13.7. The van der Waals surface area contributed by atoms with Crippen molar-refractivity contribution in [2.24, 2.45) is 5.73 Å². The summed E-state index contributed by atoms with van der Waals surface area (Å²) in [5, 5.41) is 0. The number of ether oxygens (including phenoxy) is 2. The Morgan fingerprint density at radius 2 is 2.15 bits per heavy atom. The third kappa shape index (κ3) is 3.80. The Morgan fingerprint density at radius 3 is 2.85 bits per heavy atom. The van der Waals surface area contributed by atoms with Crippen LogP contribution in [0.1, 0.15) is 34.8 Å². The Morgan fingerprint density at radius 1 is 1.31 bits per heavy atom. The minimum Gasteiger partial charge on any atom is -0.497 e. The third-order valence-corrected chi connectivity index (χ3v) is 4.54. The molecule has 6 heteroatoms. The van der Waals surface area contributed by atoms with E-state index in [1.807, 2.05) is 24.3 Å². The lowest BCUT2D eigenvalue weighted by atomic mass is 9.93. The van der Waals surface area contributed by atoms with E-state index in [1.54, 1.807) is 12.0 Å². The van der Waals surface area contributed by atoms with Gasteiger partial charge in [-0.3, -0.25) is 4.79 Å². The first-order valence-electron chi connectivity index (χ1n) is 8.71. The van der Waals surface area contributed by atoms with E-state index < -0.39 is 5.82 Å². The summed E-state index contributed by atoms with van der Waals surface area (Å²) in [6, 6.07) is 11.6. The summed E-state index contributed by atoms with van der Waals surface area (Å²) in [6.45, 7) is 1.51. The molecule has 1 amide bonds. The molecule has 2 aromatic rings. The number of carbonyl (C=O) groups excluding carboxylic acids is 1. The molecule has 0 aliphatic carbocycles. The number of nitrogens with two attached hydrogens (primary N) is 1. The van der Waals surface area contributed by atoms with Crippen LogP contribution in [0.4, 0.5) is 4.39 Å². The van der Waals surface area contributed by atoms with E-state index in [0.29, 0.717) is 31.9 Å². The zero-order valence-corrected chi connectivity index (χ0v) is 14.8. The second-order valence-corrected chi connectivity index (χ2v) is 6.21. The molecule has 1 heterocycles. The van der Waals surface area contributed by atoms with E-state index >= 15 is 0 Å². The number of hydrogen-bond acceptors (Lipinski definition) is 4. The summed E-state index contributed by atoms with van der Waals surface area (Å²) in [7, 11) is 1.61. The molecule has 1 aliphatic rings. The van der Waals surface area contributed by atoms with Crippen LogP contribution in [0.25, 0.3) is 0 Å². The number of methoxy groups -OCH3 is 1. The van der Waals surface area contributed by atoms with Crippen molar-refractivity contribution >= 4 is 5.91 Å². The predicted molar refractivity (Wildman–Crippen MR) is 97.0 cm³/mol. The molecule has 1 aliphatic heterocycles. The molecule has 0 spiro atoms. The van der Waals surface area contributed by atoms with Gasteiger partial charge in [0, 0.05) is 6.54 Å². The summed E-state index contributed by atoms with van der Waals surface area (Å²) in [6.07, 6.45) is 1.53. The topological polar surface area (TPSA) is 64.8 Å². The van der Waals surface area contributed by atoms with Crippen LogP contribution >= 0.6 is 0 Å². The van der Waals surface area contributed by atoms with Gasteiger partial charge in [0.2, 0.25) is 0 Å². The van der Waals surface area contributed by atoms with Gasteiger partial charge in [0.1, 0.15) is 17.3 Å². The predicted octanol–water partition coefficient (Wildman–Crippen LogP) is 3.15. The molecular formula is C20H23FN2O3. The molecule has 1 saturated heterocycles. The molecule has 0 radical (unpaired) electrons. The van der Waals surface area contributed by atoms with Gasteiger partial charge >= 0.3 is 0 Å². The SMILES string of the molecule is COc1cccc([C@H]2CCN2C(=O)c2cc(F)ccc2OCCCN)c1. The fourth-order valence-electron chi connectivity index (χ4n) is 3.04. The quantitative estimate of drug-likeness (QED) is 0.772. The smallest absolute Gasteiger partial charge is 0.258 e. The van der Waals surface area contributed by atoms with E-state index in [4.69, 9.17) is 15.2 Å². The zero-order chi connectivity index (χ0) is 18.5. The maximum atomic E-state index is 13.7. The van der Waals surface area contributed by atoms with Gasteiger partial charge in [-0.2, -0.15) is 0 Å². The van der Waals surface area contributed by atoms with Crippen molar-refractivity contribution in [1.29, 1.82) is 0 Å². The van der Waals surface area contributed by atoms with Gasteiger partial charge in [-0.05, 0) is 55.3 Å². The summed E-state index contributed by atoms with van der Waals surface area (Å²) in [5.74, 6) is 0.448. The Bertz CT molecular complexity index is 781. The van der Waals surface area contributed by atoms with Crippen LogP contribution in [0.15, 0.2) is 42.5 Å². The number of rotatable bonds is 7. The highest BCUT2D eigenvalue weighted by molar-refractivity contribution is 5.97. The molecule has 0 aromatic heterocycles. The monoisotopic (exact) mass is 358 g/mol. The lowest BCUT2D eigenvalue weighted by molar-refractivity contribution is 0.0455. The largest absolute Gasteiger partial charge is 0.497 e. The second kappa shape index (κ2) is 8.19. The molecule has 2 N–H and O–H groups in total. The molecular weight excluding hydrogens is 335 g/mol. The average Bonchev–Trinajstić information content (AvgIpc) is 2.62. The molecule has 26 heavy (non-hydrogen) atoms. The van der Waals surface area contributed by atoms with Crippen molar-refractivity contribution in [3.8, 4) is 11.5 Å². The number of hydrogen-bond donors (Lipinski definition) is 1. The standard InChI is InChI=1S/C20H23FN2O3/c1-25-16-5-2-4-14(12-16)18-8-10-23(18)20(24)17-13-15(21)6-7-19(17)26-11-3-9-22/h2,4-7,12-13,18H,3,8-11,22H2,1H3/t18-/m1/s1. The maximum Gasteiger partial charge on any atom is 0.258 e. The lowest BCUT2D eigenvalue weighted by Gasteiger charge is -2.41. The van der Waals surface area contributed by atoms with Crippen LogP contribution in [0, 0.1) is 5.82 Å². The van der Waals surface area contributed by atoms with Crippen LogP contribution in [-0.4, -0.2) is 37.6 Å². The molecule has 0 bridgehead atoms. The van der Waals surface area contributed by atoms with Gasteiger partial charge in [0.15, 0.2) is 0 Å². The zero-order valence-electron chi connectivity index (χ0n) is 14.8. The van der Waals surface area contributed by atoms with Crippen LogP contribution in [0.5, 0.6) is 11.5 Å². The number of amides is 1. The van der Waals surface area contributed by atoms with Crippen molar-refractivity contribution in [3.63, 3.8) is 0 Å². The van der Waals surface area contributed by atoms with E-state index in [2.05, 4.69) is 0 Å².